The van der Waals surface area contributed by atoms with Gasteiger partial charge in [-0.15, -0.1) is 0 Å². The van der Waals surface area contributed by atoms with Crippen molar-refractivity contribution in [1.82, 2.24) is 4.90 Å². The first kappa shape index (κ1) is 19.7. The Balaban J connectivity index is 1.71. The van der Waals surface area contributed by atoms with Gasteiger partial charge in [0.05, 0.1) is 26.3 Å². The lowest BCUT2D eigenvalue weighted by atomic mass is 9.96. The van der Waals surface area contributed by atoms with E-state index in [1.54, 1.807) is 7.11 Å². The number of hydrogen-bond acceptors (Lipinski definition) is 5. The van der Waals surface area contributed by atoms with E-state index in [1.807, 2.05) is 24.4 Å². The standard InChI is InChI=1S/C24H29N3O2/c1-26-16-14-22(17-26)29-24(18-25-15-13-23(24)28-2)19-27(20-9-5-3-6-10-20)21-11-7-4-8-12-21/h3-13,15,22H,14,16-19H2,1-2H3. The third-order valence-electron chi connectivity index (χ3n) is 5.64. The van der Waals surface area contributed by atoms with Crippen LogP contribution >= 0.6 is 0 Å². The molecule has 2 unspecified atom stereocenters. The Morgan fingerprint density at radius 3 is 2.28 bits per heavy atom. The van der Waals surface area contributed by atoms with Crippen molar-refractivity contribution in [1.29, 1.82) is 0 Å². The summed E-state index contributed by atoms with van der Waals surface area (Å²) in [5, 5.41) is 0. The first-order valence-electron chi connectivity index (χ1n) is 10.2. The summed E-state index contributed by atoms with van der Waals surface area (Å²) in [6.45, 7) is 3.15. The van der Waals surface area contributed by atoms with Gasteiger partial charge in [-0.05, 0) is 43.8 Å². The molecule has 5 heteroatoms. The zero-order valence-corrected chi connectivity index (χ0v) is 17.2. The second-order valence-corrected chi connectivity index (χ2v) is 7.77. The number of nitrogens with zero attached hydrogens (tertiary/aromatic N) is 3. The molecule has 0 aromatic heterocycles. The smallest absolute Gasteiger partial charge is 0.162 e. The normalized spacial score (nSPS) is 24.3. The molecule has 4 rings (SSSR count). The molecule has 1 saturated heterocycles. The third kappa shape index (κ3) is 4.36. The van der Waals surface area contributed by atoms with Crippen LogP contribution in [0, 0.1) is 0 Å². The molecule has 2 heterocycles. The van der Waals surface area contributed by atoms with Gasteiger partial charge in [0.1, 0.15) is 5.76 Å². The number of dihydropyridines is 1. The number of hydrogen-bond donors (Lipinski definition) is 0. The van der Waals surface area contributed by atoms with Crippen LogP contribution in [-0.4, -0.2) is 63.2 Å². The largest absolute Gasteiger partial charge is 0.498 e. The number of para-hydroxylation sites is 2. The molecular weight excluding hydrogens is 362 g/mol. The zero-order chi connectivity index (χ0) is 20.1. The van der Waals surface area contributed by atoms with Gasteiger partial charge < -0.3 is 19.3 Å². The number of methoxy groups -OCH3 is 1. The van der Waals surface area contributed by atoms with E-state index >= 15 is 0 Å². The van der Waals surface area contributed by atoms with Crippen molar-refractivity contribution in [2.24, 2.45) is 4.99 Å². The van der Waals surface area contributed by atoms with E-state index in [0.29, 0.717) is 13.1 Å². The molecule has 0 radical (unpaired) electrons. The summed E-state index contributed by atoms with van der Waals surface area (Å²) in [5.74, 6) is 0.832. The van der Waals surface area contributed by atoms with Crippen LogP contribution in [0.4, 0.5) is 11.4 Å². The van der Waals surface area contributed by atoms with Gasteiger partial charge in [0.15, 0.2) is 5.60 Å². The Morgan fingerprint density at radius 1 is 1.07 bits per heavy atom. The minimum absolute atomic E-state index is 0.167. The van der Waals surface area contributed by atoms with Gasteiger partial charge >= 0.3 is 0 Å². The molecule has 0 aliphatic carbocycles. The fourth-order valence-corrected chi connectivity index (χ4v) is 4.18. The van der Waals surface area contributed by atoms with E-state index in [4.69, 9.17) is 9.47 Å². The summed E-state index contributed by atoms with van der Waals surface area (Å²) in [6, 6.07) is 20.9. The fourth-order valence-electron chi connectivity index (χ4n) is 4.18. The van der Waals surface area contributed by atoms with E-state index in [1.165, 1.54) is 0 Å². The van der Waals surface area contributed by atoms with Crippen LogP contribution in [-0.2, 0) is 9.47 Å². The number of rotatable bonds is 7. The van der Waals surface area contributed by atoms with Gasteiger partial charge in [-0.1, -0.05) is 36.4 Å². The molecule has 0 bridgehead atoms. The summed E-state index contributed by atoms with van der Waals surface area (Å²) >= 11 is 0. The van der Waals surface area contributed by atoms with Crippen molar-refractivity contribution in [3.05, 3.63) is 72.5 Å². The summed E-state index contributed by atoms with van der Waals surface area (Å²) in [7, 11) is 3.86. The van der Waals surface area contributed by atoms with Crippen molar-refractivity contribution >= 4 is 17.6 Å². The average Bonchev–Trinajstić information content (AvgIpc) is 3.18. The molecule has 2 atom stereocenters. The summed E-state index contributed by atoms with van der Waals surface area (Å²) in [4.78, 5) is 9.19. The molecule has 2 aromatic rings. The van der Waals surface area contributed by atoms with Crippen LogP contribution in [0.2, 0.25) is 0 Å². The average molecular weight is 392 g/mol. The molecule has 5 nitrogen and oxygen atoms in total. The Kier molecular flexibility index (Phi) is 5.97. The highest BCUT2D eigenvalue weighted by atomic mass is 16.6. The van der Waals surface area contributed by atoms with Gasteiger partial charge in [0, 0.05) is 30.7 Å². The van der Waals surface area contributed by atoms with Crippen molar-refractivity contribution < 1.29 is 9.47 Å². The van der Waals surface area contributed by atoms with E-state index in [-0.39, 0.29) is 6.10 Å². The highest BCUT2D eigenvalue weighted by Gasteiger charge is 2.43. The van der Waals surface area contributed by atoms with E-state index < -0.39 is 5.60 Å². The van der Waals surface area contributed by atoms with Crippen molar-refractivity contribution in [3.63, 3.8) is 0 Å². The SMILES string of the molecule is COC1=CC=NCC1(CN(c1ccccc1)c1ccccc1)OC1CCN(C)C1. The lowest BCUT2D eigenvalue weighted by Crippen LogP contribution is -2.51. The second-order valence-electron chi connectivity index (χ2n) is 7.77. The van der Waals surface area contributed by atoms with Crippen LogP contribution in [0.1, 0.15) is 6.42 Å². The predicted octanol–water partition coefficient (Wildman–Crippen LogP) is 3.90. The molecule has 2 aliphatic rings. The number of likely N-dealkylation sites (N-methyl/N-ethyl adjacent to an activating group) is 1. The lowest BCUT2D eigenvalue weighted by molar-refractivity contribution is -0.0788. The molecule has 0 saturated carbocycles. The van der Waals surface area contributed by atoms with Crippen molar-refractivity contribution in [3.8, 4) is 0 Å². The Hall–Kier alpha value is -2.63. The van der Waals surface area contributed by atoms with Crippen LogP contribution in [0.5, 0.6) is 0 Å². The quantitative estimate of drug-likeness (QED) is 0.717. The van der Waals surface area contributed by atoms with Gasteiger partial charge in [0.2, 0.25) is 0 Å². The number of likely N-dealkylation sites (tertiary alicyclic amines) is 1. The molecule has 2 aliphatic heterocycles. The van der Waals surface area contributed by atoms with Gasteiger partial charge in [-0.3, -0.25) is 4.99 Å². The molecule has 0 spiro atoms. The van der Waals surface area contributed by atoms with E-state index in [9.17, 15) is 0 Å². The molecule has 152 valence electrons. The fraction of sp³-hybridized carbons (Fsp3) is 0.375. The highest BCUT2D eigenvalue weighted by Crippen LogP contribution is 2.35. The molecule has 1 fully saturated rings. The van der Waals surface area contributed by atoms with Crippen molar-refractivity contribution in [2.45, 2.75) is 18.1 Å². The van der Waals surface area contributed by atoms with E-state index in [2.05, 4.69) is 70.4 Å². The van der Waals surface area contributed by atoms with Gasteiger partial charge in [-0.25, -0.2) is 0 Å². The zero-order valence-electron chi connectivity index (χ0n) is 17.2. The minimum atomic E-state index is -0.634. The molecule has 0 amide bonds. The first-order valence-corrected chi connectivity index (χ1v) is 10.2. The molecule has 29 heavy (non-hydrogen) atoms. The Labute approximate surface area is 173 Å². The number of aliphatic imine (C=N–C) groups is 1. The predicted molar refractivity (Wildman–Crippen MR) is 118 cm³/mol. The van der Waals surface area contributed by atoms with Gasteiger partial charge in [0.25, 0.3) is 0 Å². The third-order valence-corrected chi connectivity index (χ3v) is 5.64. The van der Waals surface area contributed by atoms with Crippen LogP contribution in [0.25, 0.3) is 0 Å². The van der Waals surface area contributed by atoms with Crippen LogP contribution < -0.4 is 4.90 Å². The monoisotopic (exact) mass is 391 g/mol. The number of ether oxygens (including phenoxy) is 2. The number of allylic oxidation sites excluding steroid dienone is 1. The Morgan fingerprint density at radius 2 is 1.72 bits per heavy atom. The minimum Gasteiger partial charge on any atom is -0.498 e. The lowest BCUT2D eigenvalue weighted by Gasteiger charge is -2.41. The maximum absolute atomic E-state index is 6.80. The van der Waals surface area contributed by atoms with Crippen LogP contribution in [0.3, 0.4) is 0 Å². The van der Waals surface area contributed by atoms with Crippen LogP contribution in [0.15, 0.2) is 77.5 Å². The van der Waals surface area contributed by atoms with E-state index in [0.717, 1.165) is 36.6 Å². The summed E-state index contributed by atoms with van der Waals surface area (Å²) in [6.07, 6.45) is 4.95. The highest BCUT2D eigenvalue weighted by molar-refractivity contribution is 5.74. The first-order chi connectivity index (χ1) is 14.2. The Bertz CT molecular complexity index is 813. The number of benzene rings is 2. The summed E-state index contributed by atoms with van der Waals surface area (Å²) < 4.78 is 12.6. The summed E-state index contributed by atoms with van der Waals surface area (Å²) in [5.41, 5.74) is 1.61. The maximum Gasteiger partial charge on any atom is 0.162 e. The second kappa shape index (κ2) is 8.80. The maximum atomic E-state index is 6.80. The number of anilines is 2. The topological polar surface area (TPSA) is 37.3 Å². The van der Waals surface area contributed by atoms with Crippen molar-refractivity contribution in [2.75, 3.05) is 45.2 Å². The molecular formula is C24H29N3O2. The molecule has 2 aromatic carbocycles. The van der Waals surface area contributed by atoms with Gasteiger partial charge in [-0.2, -0.15) is 0 Å². The molecule has 0 N–H and O–H groups in total.